The molecule has 2 atom stereocenters. The first-order valence-corrected chi connectivity index (χ1v) is 5.71. The molecular formula is C7H11FO4S. The van der Waals surface area contributed by atoms with E-state index >= 15 is 0 Å². The summed E-state index contributed by atoms with van der Waals surface area (Å²) in [4.78, 5) is 10.9. The van der Waals surface area contributed by atoms with Gasteiger partial charge in [-0.2, -0.15) is 0 Å². The van der Waals surface area contributed by atoms with Gasteiger partial charge in [-0.3, -0.25) is 4.79 Å². The van der Waals surface area contributed by atoms with Gasteiger partial charge >= 0.3 is 5.97 Å². The number of hydrogen-bond donors (Lipinski definition) is 0. The first-order chi connectivity index (χ1) is 5.96. The van der Waals surface area contributed by atoms with Crippen LogP contribution in [-0.4, -0.2) is 39.2 Å². The average molecular weight is 210 g/mol. The Hall–Kier alpha value is -0.650. The average Bonchev–Trinajstić information content (AvgIpc) is 2.08. The summed E-state index contributed by atoms with van der Waals surface area (Å²) in [5, 5.41) is 0. The number of sulfone groups is 1. The third-order valence-electron chi connectivity index (χ3n) is 2.08. The molecule has 0 N–H and O–H groups in total. The number of ether oxygens (including phenoxy) is 1. The highest BCUT2D eigenvalue weighted by molar-refractivity contribution is 7.91. The van der Waals surface area contributed by atoms with Crippen LogP contribution in [0.3, 0.4) is 0 Å². The normalized spacial score (nSPS) is 32.5. The number of rotatable bonds is 1. The molecule has 4 nitrogen and oxygen atoms in total. The van der Waals surface area contributed by atoms with Crippen molar-refractivity contribution in [2.24, 2.45) is 5.92 Å². The van der Waals surface area contributed by atoms with Gasteiger partial charge in [-0.1, -0.05) is 0 Å². The molecule has 0 aromatic heterocycles. The highest BCUT2D eigenvalue weighted by atomic mass is 32.2. The number of carbonyl (C=O) groups is 1. The largest absolute Gasteiger partial charge is 0.469 e. The van der Waals surface area contributed by atoms with Crippen LogP contribution >= 0.6 is 0 Å². The molecule has 0 aliphatic carbocycles. The van der Waals surface area contributed by atoms with Gasteiger partial charge in [-0.25, -0.2) is 12.8 Å². The van der Waals surface area contributed by atoms with Crippen molar-refractivity contribution in [3.63, 3.8) is 0 Å². The molecule has 0 aromatic carbocycles. The minimum Gasteiger partial charge on any atom is -0.469 e. The minimum atomic E-state index is -3.26. The lowest BCUT2D eigenvalue weighted by atomic mass is 10.0. The zero-order chi connectivity index (χ0) is 10.1. The first-order valence-electron chi connectivity index (χ1n) is 3.88. The lowest BCUT2D eigenvalue weighted by Crippen LogP contribution is -2.39. The van der Waals surface area contributed by atoms with Crippen molar-refractivity contribution in [1.82, 2.24) is 0 Å². The molecule has 13 heavy (non-hydrogen) atoms. The molecule has 1 aliphatic heterocycles. The SMILES string of the molecule is COC(=O)[C@H]1CS(=O)(=O)CC[C@H]1F. The Labute approximate surface area is 76.0 Å². The van der Waals surface area contributed by atoms with Crippen LogP contribution in [0.2, 0.25) is 0 Å². The molecule has 1 rings (SSSR count). The monoisotopic (exact) mass is 210 g/mol. The van der Waals surface area contributed by atoms with Gasteiger partial charge in [0, 0.05) is 0 Å². The molecule has 1 saturated heterocycles. The molecule has 76 valence electrons. The summed E-state index contributed by atoms with van der Waals surface area (Å²) in [5.74, 6) is -2.53. The Morgan fingerprint density at radius 1 is 1.54 bits per heavy atom. The van der Waals surface area contributed by atoms with Crippen molar-refractivity contribution >= 4 is 15.8 Å². The highest BCUT2D eigenvalue weighted by Crippen LogP contribution is 2.22. The Morgan fingerprint density at radius 3 is 2.69 bits per heavy atom. The van der Waals surface area contributed by atoms with Crippen LogP contribution in [0.1, 0.15) is 6.42 Å². The maximum absolute atomic E-state index is 13.1. The maximum atomic E-state index is 13.1. The Bertz CT molecular complexity index is 298. The van der Waals surface area contributed by atoms with E-state index < -0.39 is 33.6 Å². The van der Waals surface area contributed by atoms with Crippen molar-refractivity contribution < 1.29 is 22.3 Å². The van der Waals surface area contributed by atoms with Crippen LogP contribution in [0.25, 0.3) is 0 Å². The van der Waals surface area contributed by atoms with Crippen LogP contribution in [0.15, 0.2) is 0 Å². The molecule has 0 bridgehead atoms. The standard InChI is InChI=1S/C7H11FO4S/c1-12-7(9)5-4-13(10,11)3-2-6(5)8/h5-6H,2-4H2,1H3/t5-,6+/m0/s1. The van der Waals surface area contributed by atoms with E-state index in [2.05, 4.69) is 4.74 Å². The maximum Gasteiger partial charge on any atom is 0.312 e. The second-order valence-corrected chi connectivity index (χ2v) is 5.28. The fourth-order valence-corrected chi connectivity index (χ4v) is 2.96. The fourth-order valence-electron chi connectivity index (χ4n) is 1.32. The van der Waals surface area contributed by atoms with Crippen LogP contribution in [0.4, 0.5) is 4.39 Å². The van der Waals surface area contributed by atoms with Crippen LogP contribution in [-0.2, 0) is 19.4 Å². The molecule has 0 unspecified atom stereocenters. The number of carbonyl (C=O) groups excluding carboxylic acids is 1. The summed E-state index contributed by atoms with van der Waals surface area (Å²) in [6, 6.07) is 0. The van der Waals surface area contributed by atoms with Crippen LogP contribution in [0, 0.1) is 5.92 Å². The lowest BCUT2D eigenvalue weighted by Gasteiger charge is -2.23. The molecule has 0 spiro atoms. The van der Waals surface area contributed by atoms with E-state index in [0.717, 1.165) is 7.11 Å². The smallest absolute Gasteiger partial charge is 0.312 e. The third kappa shape index (κ3) is 2.40. The molecule has 0 radical (unpaired) electrons. The van der Waals surface area contributed by atoms with Gasteiger partial charge in [0.15, 0.2) is 9.84 Å². The van der Waals surface area contributed by atoms with E-state index in [1.165, 1.54) is 0 Å². The van der Waals surface area contributed by atoms with Crippen molar-refractivity contribution in [2.75, 3.05) is 18.6 Å². The van der Waals surface area contributed by atoms with Crippen molar-refractivity contribution in [3.05, 3.63) is 0 Å². The van der Waals surface area contributed by atoms with Gasteiger partial charge in [0.05, 0.1) is 18.6 Å². The summed E-state index contributed by atoms with van der Waals surface area (Å²) in [6.45, 7) is 0. The molecule has 1 heterocycles. The molecule has 1 aliphatic rings. The third-order valence-corrected chi connectivity index (χ3v) is 3.80. The Balaban J connectivity index is 2.77. The molecular weight excluding hydrogens is 199 g/mol. The van der Waals surface area contributed by atoms with E-state index in [9.17, 15) is 17.6 Å². The summed E-state index contributed by atoms with van der Waals surface area (Å²) in [7, 11) is -2.14. The van der Waals surface area contributed by atoms with Gasteiger partial charge in [-0.05, 0) is 6.42 Å². The summed E-state index contributed by atoms with van der Waals surface area (Å²) >= 11 is 0. The van der Waals surface area contributed by atoms with Gasteiger partial charge < -0.3 is 4.74 Å². The van der Waals surface area contributed by atoms with Crippen molar-refractivity contribution in [3.8, 4) is 0 Å². The number of alkyl halides is 1. The predicted molar refractivity (Wildman–Crippen MR) is 43.7 cm³/mol. The molecule has 1 fully saturated rings. The second-order valence-electron chi connectivity index (χ2n) is 3.05. The van der Waals surface area contributed by atoms with Crippen molar-refractivity contribution in [1.29, 1.82) is 0 Å². The Kier molecular flexibility index (Phi) is 2.90. The molecule has 0 saturated carbocycles. The topological polar surface area (TPSA) is 60.4 Å². The molecule has 0 amide bonds. The van der Waals surface area contributed by atoms with E-state index in [-0.39, 0.29) is 12.2 Å². The van der Waals surface area contributed by atoms with Crippen LogP contribution < -0.4 is 0 Å². The van der Waals surface area contributed by atoms with Crippen molar-refractivity contribution in [2.45, 2.75) is 12.6 Å². The lowest BCUT2D eigenvalue weighted by molar-refractivity contribution is -0.147. The van der Waals surface area contributed by atoms with E-state index in [1.807, 2.05) is 0 Å². The minimum absolute atomic E-state index is 0.109. The predicted octanol–water partition coefficient (Wildman–Crippen LogP) is -0.0678. The number of esters is 1. The number of methoxy groups -OCH3 is 1. The molecule has 6 heteroatoms. The van der Waals surface area contributed by atoms with E-state index in [0.29, 0.717) is 0 Å². The van der Waals surface area contributed by atoms with E-state index in [4.69, 9.17) is 0 Å². The number of hydrogen-bond acceptors (Lipinski definition) is 4. The summed E-state index contributed by atoms with van der Waals surface area (Å²) in [5.41, 5.74) is 0. The fraction of sp³-hybridized carbons (Fsp3) is 0.857. The second kappa shape index (κ2) is 3.61. The summed E-state index contributed by atoms with van der Waals surface area (Å²) in [6.07, 6.45) is -1.50. The zero-order valence-corrected chi connectivity index (χ0v) is 8.01. The van der Waals surface area contributed by atoms with Gasteiger partial charge in [-0.15, -0.1) is 0 Å². The number of halogens is 1. The first kappa shape index (κ1) is 10.4. The van der Waals surface area contributed by atoms with Gasteiger partial charge in [0.25, 0.3) is 0 Å². The summed E-state index contributed by atoms with van der Waals surface area (Å²) < 4.78 is 39.5. The van der Waals surface area contributed by atoms with Gasteiger partial charge in [0.2, 0.25) is 0 Å². The quantitative estimate of drug-likeness (QED) is 0.568. The Morgan fingerprint density at radius 2 is 2.15 bits per heavy atom. The van der Waals surface area contributed by atoms with Crippen LogP contribution in [0.5, 0.6) is 0 Å². The molecule has 0 aromatic rings. The van der Waals surface area contributed by atoms with E-state index in [1.54, 1.807) is 0 Å². The highest BCUT2D eigenvalue weighted by Gasteiger charge is 2.38. The zero-order valence-electron chi connectivity index (χ0n) is 7.20. The van der Waals surface area contributed by atoms with Gasteiger partial charge in [0.1, 0.15) is 12.1 Å².